The van der Waals surface area contributed by atoms with E-state index in [1.807, 2.05) is 30.0 Å². The Morgan fingerprint density at radius 1 is 1.40 bits per heavy atom. The molecule has 0 atom stereocenters. The minimum Gasteiger partial charge on any atom is -0.497 e. The van der Waals surface area contributed by atoms with Crippen molar-refractivity contribution in [3.63, 3.8) is 0 Å². The van der Waals surface area contributed by atoms with Gasteiger partial charge < -0.3 is 15.0 Å². The first-order valence-electron chi connectivity index (χ1n) is 7.18. The van der Waals surface area contributed by atoms with Crippen molar-refractivity contribution in [3.8, 4) is 5.75 Å². The van der Waals surface area contributed by atoms with Gasteiger partial charge in [-0.3, -0.25) is 0 Å². The van der Waals surface area contributed by atoms with Crippen molar-refractivity contribution < 1.29 is 9.53 Å². The van der Waals surface area contributed by atoms with Gasteiger partial charge in [0.2, 0.25) is 0 Å². The van der Waals surface area contributed by atoms with Gasteiger partial charge in [0.05, 0.1) is 7.11 Å². The molecule has 1 rings (SSSR count). The molecule has 0 saturated carbocycles. The van der Waals surface area contributed by atoms with E-state index < -0.39 is 0 Å². The Bertz CT molecular complexity index is 444. The van der Waals surface area contributed by atoms with E-state index in [1.165, 1.54) is 0 Å². The van der Waals surface area contributed by atoms with Gasteiger partial charge in [-0.15, -0.1) is 0 Å². The van der Waals surface area contributed by atoms with E-state index in [9.17, 15) is 4.79 Å². The topological polar surface area (TPSA) is 41.6 Å². The van der Waals surface area contributed by atoms with Gasteiger partial charge in [0.1, 0.15) is 5.75 Å². The number of nitrogens with zero attached hydrogens (tertiary/aromatic N) is 1. The second kappa shape index (κ2) is 7.78. The number of methoxy groups -OCH3 is 1. The number of ether oxygens (including phenoxy) is 1. The van der Waals surface area contributed by atoms with Crippen molar-refractivity contribution in [2.75, 3.05) is 25.5 Å². The lowest BCUT2D eigenvalue weighted by Gasteiger charge is -2.25. The van der Waals surface area contributed by atoms with Crippen LogP contribution in [0.4, 0.5) is 10.5 Å². The molecule has 112 valence electrons. The van der Waals surface area contributed by atoms with E-state index in [0.717, 1.165) is 36.5 Å². The number of nitrogens with one attached hydrogen (secondary N) is 1. The minimum absolute atomic E-state index is 0.0335. The number of carbonyl (C=O) groups excluding carboxylic acids is 1. The minimum atomic E-state index is -0.0335. The molecule has 4 nitrogen and oxygen atoms in total. The third-order valence-corrected chi connectivity index (χ3v) is 3.04. The van der Waals surface area contributed by atoms with Crippen LogP contribution in [0.1, 0.15) is 32.8 Å². The largest absolute Gasteiger partial charge is 0.497 e. The molecule has 0 aliphatic heterocycles. The molecule has 1 aromatic carbocycles. The maximum absolute atomic E-state index is 12.3. The first-order valence-corrected chi connectivity index (χ1v) is 7.18. The Morgan fingerprint density at radius 3 is 2.60 bits per heavy atom. The molecule has 0 fully saturated rings. The first-order chi connectivity index (χ1) is 9.47. The molecule has 0 spiro atoms. The van der Waals surface area contributed by atoms with Gasteiger partial charge >= 0.3 is 6.03 Å². The number of urea groups is 1. The molecule has 0 heterocycles. The van der Waals surface area contributed by atoms with Crippen molar-refractivity contribution >= 4 is 11.7 Å². The van der Waals surface area contributed by atoms with Gasteiger partial charge in [0.15, 0.2) is 0 Å². The predicted molar refractivity (Wildman–Crippen MR) is 83.5 cm³/mol. The van der Waals surface area contributed by atoms with Crippen LogP contribution < -0.4 is 10.1 Å². The van der Waals surface area contributed by atoms with E-state index in [1.54, 1.807) is 7.11 Å². The zero-order valence-corrected chi connectivity index (χ0v) is 13.2. The molecule has 1 aromatic rings. The summed E-state index contributed by atoms with van der Waals surface area (Å²) in [4.78, 5) is 14.2. The number of benzene rings is 1. The van der Waals surface area contributed by atoms with Crippen LogP contribution in [0.5, 0.6) is 5.75 Å². The molecular formula is C16H26N2O2. The predicted octanol–water partition coefficient (Wildman–Crippen LogP) is 3.90. The van der Waals surface area contributed by atoms with Crippen LogP contribution >= 0.6 is 0 Å². The molecule has 0 aliphatic carbocycles. The van der Waals surface area contributed by atoms with Crippen molar-refractivity contribution in [2.45, 2.75) is 34.1 Å². The standard InChI is InChI=1S/C16H26N2O2/c1-6-9-18(11-12(2)3)16(19)17-15-8-7-14(20-5)10-13(15)4/h7-8,10,12H,6,9,11H2,1-5H3,(H,17,19). The molecule has 0 bridgehead atoms. The van der Waals surface area contributed by atoms with Crippen molar-refractivity contribution in [3.05, 3.63) is 23.8 Å². The van der Waals surface area contributed by atoms with Crippen molar-refractivity contribution in [1.29, 1.82) is 0 Å². The molecule has 20 heavy (non-hydrogen) atoms. The molecule has 0 radical (unpaired) electrons. The van der Waals surface area contributed by atoms with Crippen molar-refractivity contribution in [2.24, 2.45) is 5.92 Å². The number of hydrogen-bond donors (Lipinski definition) is 1. The summed E-state index contributed by atoms with van der Waals surface area (Å²) in [5, 5.41) is 2.98. The van der Waals surface area contributed by atoms with Crippen LogP contribution in [0.2, 0.25) is 0 Å². The molecule has 2 amide bonds. The summed E-state index contributed by atoms with van der Waals surface area (Å²) in [6.07, 6.45) is 0.960. The van der Waals surface area contributed by atoms with Crippen LogP contribution in [0.25, 0.3) is 0 Å². The van der Waals surface area contributed by atoms with Crippen LogP contribution in [0.15, 0.2) is 18.2 Å². The summed E-state index contributed by atoms with van der Waals surface area (Å²) in [6, 6.07) is 5.62. The molecular weight excluding hydrogens is 252 g/mol. The van der Waals surface area contributed by atoms with E-state index in [4.69, 9.17) is 4.74 Å². The lowest BCUT2D eigenvalue weighted by atomic mass is 10.2. The molecule has 0 unspecified atom stereocenters. The Morgan fingerprint density at radius 2 is 2.10 bits per heavy atom. The Hall–Kier alpha value is -1.71. The highest BCUT2D eigenvalue weighted by Gasteiger charge is 2.15. The maximum atomic E-state index is 12.3. The molecule has 4 heteroatoms. The smallest absolute Gasteiger partial charge is 0.321 e. The maximum Gasteiger partial charge on any atom is 0.321 e. The highest BCUT2D eigenvalue weighted by atomic mass is 16.5. The third-order valence-electron chi connectivity index (χ3n) is 3.04. The van der Waals surface area contributed by atoms with Crippen molar-refractivity contribution in [1.82, 2.24) is 4.90 Å². The van der Waals surface area contributed by atoms with Gasteiger partial charge in [-0.25, -0.2) is 4.79 Å². The SMILES string of the molecule is CCCN(CC(C)C)C(=O)Nc1ccc(OC)cc1C. The van der Waals surface area contributed by atoms with E-state index >= 15 is 0 Å². The fraction of sp³-hybridized carbons (Fsp3) is 0.562. The first kappa shape index (κ1) is 16.3. The third kappa shape index (κ3) is 4.76. The lowest BCUT2D eigenvalue weighted by molar-refractivity contribution is 0.204. The summed E-state index contributed by atoms with van der Waals surface area (Å²) in [7, 11) is 1.64. The zero-order chi connectivity index (χ0) is 15.1. The number of aryl methyl sites for hydroxylation is 1. The number of carbonyl (C=O) groups is 1. The second-order valence-corrected chi connectivity index (χ2v) is 5.45. The Balaban J connectivity index is 2.76. The van der Waals surface area contributed by atoms with Crippen LogP contribution in [-0.4, -0.2) is 31.1 Å². The summed E-state index contributed by atoms with van der Waals surface area (Å²) in [5.41, 5.74) is 1.83. The average molecular weight is 278 g/mol. The van der Waals surface area contributed by atoms with Gasteiger partial charge in [-0.2, -0.15) is 0 Å². The van der Waals surface area contributed by atoms with Crippen LogP contribution in [-0.2, 0) is 0 Å². The fourth-order valence-corrected chi connectivity index (χ4v) is 2.08. The lowest BCUT2D eigenvalue weighted by Crippen LogP contribution is -2.38. The van der Waals surface area contributed by atoms with Gasteiger partial charge in [0.25, 0.3) is 0 Å². The van der Waals surface area contributed by atoms with Crippen LogP contribution in [0, 0.1) is 12.8 Å². The quantitative estimate of drug-likeness (QED) is 0.857. The summed E-state index contributed by atoms with van der Waals surface area (Å²) < 4.78 is 5.17. The number of rotatable bonds is 6. The van der Waals surface area contributed by atoms with E-state index in [0.29, 0.717) is 5.92 Å². The Kier molecular flexibility index (Phi) is 6.36. The molecule has 0 saturated heterocycles. The Labute approximate surface area is 122 Å². The zero-order valence-electron chi connectivity index (χ0n) is 13.2. The highest BCUT2D eigenvalue weighted by molar-refractivity contribution is 5.90. The average Bonchev–Trinajstić information content (AvgIpc) is 2.40. The monoisotopic (exact) mass is 278 g/mol. The number of anilines is 1. The normalized spacial score (nSPS) is 10.5. The van der Waals surface area contributed by atoms with Gasteiger partial charge in [0, 0.05) is 18.8 Å². The highest BCUT2D eigenvalue weighted by Crippen LogP contribution is 2.21. The van der Waals surface area contributed by atoms with Gasteiger partial charge in [-0.05, 0) is 43.0 Å². The number of hydrogen-bond acceptors (Lipinski definition) is 2. The summed E-state index contributed by atoms with van der Waals surface area (Å²) >= 11 is 0. The van der Waals surface area contributed by atoms with E-state index in [-0.39, 0.29) is 6.03 Å². The fourth-order valence-electron chi connectivity index (χ4n) is 2.08. The van der Waals surface area contributed by atoms with E-state index in [2.05, 4.69) is 26.1 Å². The second-order valence-electron chi connectivity index (χ2n) is 5.45. The summed E-state index contributed by atoms with van der Waals surface area (Å²) in [5.74, 6) is 1.26. The van der Waals surface area contributed by atoms with Gasteiger partial charge in [-0.1, -0.05) is 20.8 Å². The molecule has 0 aliphatic rings. The molecule has 0 aromatic heterocycles. The van der Waals surface area contributed by atoms with Crippen LogP contribution in [0.3, 0.4) is 0 Å². The number of amides is 2. The summed E-state index contributed by atoms with van der Waals surface area (Å²) in [6.45, 7) is 9.83. The molecule has 1 N–H and O–H groups in total.